The fraction of sp³-hybridized carbons (Fsp3) is 0.364. The first-order valence-corrected chi connectivity index (χ1v) is 11.7. The minimum Gasteiger partial charge on any atom is -0.345 e. The molecule has 1 atom stereocenters. The number of amides is 2. The normalized spacial score (nSPS) is 16.1. The minimum atomic E-state index is -3.24. The van der Waals surface area contributed by atoms with Gasteiger partial charge in [0.2, 0.25) is 15.9 Å². The van der Waals surface area contributed by atoms with Gasteiger partial charge in [-0.2, -0.15) is 4.31 Å². The molecule has 0 radical (unpaired) electrons. The number of rotatable bonds is 7. The highest BCUT2D eigenvalue weighted by molar-refractivity contribution is 7.89. The molecule has 1 fully saturated rings. The lowest BCUT2D eigenvalue weighted by molar-refractivity contribution is -0.132. The van der Waals surface area contributed by atoms with Gasteiger partial charge in [-0.3, -0.25) is 9.59 Å². The molecule has 8 heteroatoms. The van der Waals surface area contributed by atoms with Crippen molar-refractivity contribution in [3.05, 3.63) is 71.8 Å². The third-order valence-electron chi connectivity index (χ3n) is 5.27. The quantitative estimate of drug-likeness (QED) is 0.730. The summed E-state index contributed by atoms with van der Waals surface area (Å²) in [4.78, 5) is 27.3. The molecular weight excluding hydrogens is 402 g/mol. The lowest BCUT2D eigenvalue weighted by Crippen LogP contribution is -2.51. The van der Waals surface area contributed by atoms with Crippen molar-refractivity contribution in [3.8, 4) is 0 Å². The number of nitrogens with one attached hydrogen (secondary N) is 1. The number of nitrogens with zero attached hydrogens (tertiary/aromatic N) is 2. The molecule has 30 heavy (non-hydrogen) atoms. The summed E-state index contributed by atoms with van der Waals surface area (Å²) >= 11 is 0. The second-order valence-corrected chi connectivity index (χ2v) is 9.44. The molecule has 2 aromatic rings. The Morgan fingerprint density at radius 2 is 1.50 bits per heavy atom. The molecule has 2 amide bonds. The zero-order valence-electron chi connectivity index (χ0n) is 17.0. The van der Waals surface area contributed by atoms with Gasteiger partial charge in [-0.25, -0.2) is 8.42 Å². The van der Waals surface area contributed by atoms with Crippen LogP contribution >= 0.6 is 0 Å². The number of hydrogen-bond donors (Lipinski definition) is 1. The molecule has 7 nitrogen and oxygen atoms in total. The molecule has 2 aromatic carbocycles. The van der Waals surface area contributed by atoms with Crippen LogP contribution < -0.4 is 5.32 Å². The van der Waals surface area contributed by atoms with E-state index in [4.69, 9.17) is 0 Å². The van der Waals surface area contributed by atoms with Crippen LogP contribution in [0.3, 0.4) is 0 Å². The summed E-state index contributed by atoms with van der Waals surface area (Å²) in [6.07, 6.45) is 0.114. The van der Waals surface area contributed by atoms with Crippen LogP contribution in [0, 0.1) is 0 Å². The van der Waals surface area contributed by atoms with Crippen LogP contribution in [-0.4, -0.2) is 61.4 Å². The van der Waals surface area contributed by atoms with Gasteiger partial charge in [-0.15, -0.1) is 0 Å². The lowest BCUT2D eigenvalue weighted by Gasteiger charge is -2.34. The van der Waals surface area contributed by atoms with E-state index in [9.17, 15) is 18.0 Å². The van der Waals surface area contributed by atoms with E-state index in [-0.39, 0.29) is 24.0 Å². The zero-order valence-corrected chi connectivity index (χ0v) is 17.8. The molecule has 1 aliphatic rings. The molecule has 0 bridgehead atoms. The Morgan fingerprint density at radius 1 is 0.933 bits per heavy atom. The van der Waals surface area contributed by atoms with E-state index >= 15 is 0 Å². The van der Waals surface area contributed by atoms with Gasteiger partial charge in [0.1, 0.15) is 0 Å². The number of carbonyl (C=O) groups excluding carboxylic acids is 2. The van der Waals surface area contributed by atoms with Gasteiger partial charge in [0.05, 0.1) is 18.2 Å². The van der Waals surface area contributed by atoms with E-state index in [1.165, 1.54) is 4.31 Å². The lowest BCUT2D eigenvalue weighted by atomic mass is 10.0. The van der Waals surface area contributed by atoms with Gasteiger partial charge in [-0.05, 0) is 24.6 Å². The van der Waals surface area contributed by atoms with Crippen molar-refractivity contribution in [2.45, 2.75) is 19.4 Å². The molecule has 0 saturated carbocycles. The summed E-state index contributed by atoms with van der Waals surface area (Å²) in [5.41, 5.74) is 1.38. The average Bonchev–Trinajstić information content (AvgIpc) is 2.79. The molecule has 1 saturated heterocycles. The van der Waals surface area contributed by atoms with Gasteiger partial charge in [0.25, 0.3) is 5.91 Å². The summed E-state index contributed by atoms with van der Waals surface area (Å²) in [6.45, 7) is 2.92. The third kappa shape index (κ3) is 5.46. The zero-order chi connectivity index (χ0) is 21.6. The van der Waals surface area contributed by atoms with Crippen molar-refractivity contribution < 1.29 is 18.0 Å². The highest BCUT2D eigenvalue weighted by Gasteiger charge is 2.29. The molecule has 0 aliphatic carbocycles. The number of piperazine rings is 1. The highest BCUT2D eigenvalue weighted by atomic mass is 32.2. The first-order chi connectivity index (χ1) is 14.4. The Kier molecular flexibility index (Phi) is 7.23. The molecule has 1 aliphatic heterocycles. The van der Waals surface area contributed by atoms with Crippen molar-refractivity contribution in [1.29, 1.82) is 0 Å². The Morgan fingerprint density at radius 3 is 2.07 bits per heavy atom. The van der Waals surface area contributed by atoms with Gasteiger partial charge >= 0.3 is 0 Å². The van der Waals surface area contributed by atoms with Crippen LogP contribution in [-0.2, 0) is 14.8 Å². The van der Waals surface area contributed by atoms with Gasteiger partial charge in [-0.1, -0.05) is 48.5 Å². The summed E-state index contributed by atoms with van der Waals surface area (Å²) < 4.78 is 25.5. The fourth-order valence-corrected chi connectivity index (χ4v) is 4.56. The van der Waals surface area contributed by atoms with Gasteiger partial charge < -0.3 is 10.2 Å². The number of sulfonamides is 1. The fourth-order valence-electron chi connectivity index (χ4n) is 3.47. The van der Waals surface area contributed by atoms with E-state index in [0.29, 0.717) is 31.7 Å². The molecule has 1 heterocycles. The van der Waals surface area contributed by atoms with Crippen molar-refractivity contribution in [3.63, 3.8) is 0 Å². The van der Waals surface area contributed by atoms with Crippen molar-refractivity contribution in [2.24, 2.45) is 0 Å². The highest BCUT2D eigenvalue weighted by Crippen LogP contribution is 2.20. The topological polar surface area (TPSA) is 86.8 Å². The van der Waals surface area contributed by atoms with Crippen LogP contribution in [0.15, 0.2) is 60.7 Å². The van der Waals surface area contributed by atoms with Crippen LogP contribution in [0.2, 0.25) is 0 Å². The summed E-state index contributed by atoms with van der Waals surface area (Å²) in [5.74, 6) is -0.287. The second kappa shape index (κ2) is 9.86. The monoisotopic (exact) mass is 429 g/mol. The second-order valence-electron chi connectivity index (χ2n) is 7.19. The van der Waals surface area contributed by atoms with Gasteiger partial charge in [0, 0.05) is 31.7 Å². The van der Waals surface area contributed by atoms with E-state index in [1.54, 1.807) is 36.1 Å². The Labute approximate surface area is 177 Å². The minimum absolute atomic E-state index is 0.0581. The van der Waals surface area contributed by atoms with E-state index < -0.39 is 16.1 Å². The summed E-state index contributed by atoms with van der Waals surface area (Å²) in [6, 6.07) is 17.8. The predicted octanol–water partition coefficient (Wildman–Crippen LogP) is 2.04. The Bertz CT molecular complexity index is 956. The van der Waals surface area contributed by atoms with Gasteiger partial charge in [0.15, 0.2) is 0 Å². The van der Waals surface area contributed by atoms with Crippen LogP contribution in [0.4, 0.5) is 0 Å². The standard InChI is InChI=1S/C22H27N3O4S/c1-2-30(28,29)25-15-13-24(14-16-25)21(26)17-20(18-9-5-3-6-10-18)23-22(27)19-11-7-4-8-12-19/h3-12,20H,2,13-17H2,1H3,(H,23,27). The first-order valence-electron chi connectivity index (χ1n) is 10.1. The maximum absolute atomic E-state index is 12.9. The molecular formula is C22H27N3O4S. The van der Waals surface area contributed by atoms with E-state index in [0.717, 1.165) is 5.56 Å². The van der Waals surface area contributed by atoms with Crippen molar-refractivity contribution in [1.82, 2.24) is 14.5 Å². The molecule has 1 unspecified atom stereocenters. The number of carbonyl (C=O) groups is 2. The first kappa shape index (κ1) is 22.0. The molecule has 3 rings (SSSR count). The van der Waals surface area contributed by atoms with Crippen molar-refractivity contribution in [2.75, 3.05) is 31.9 Å². The summed E-state index contributed by atoms with van der Waals surface area (Å²) in [7, 11) is -3.24. The molecule has 160 valence electrons. The average molecular weight is 430 g/mol. The van der Waals surface area contributed by atoms with Crippen LogP contribution in [0.5, 0.6) is 0 Å². The van der Waals surface area contributed by atoms with Crippen LogP contribution in [0.1, 0.15) is 35.3 Å². The van der Waals surface area contributed by atoms with E-state index in [1.807, 2.05) is 36.4 Å². The molecule has 0 aromatic heterocycles. The Balaban J connectivity index is 1.68. The molecule has 1 N–H and O–H groups in total. The molecule has 0 spiro atoms. The SMILES string of the molecule is CCS(=O)(=O)N1CCN(C(=O)CC(NC(=O)c2ccccc2)c2ccccc2)CC1. The number of benzene rings is 2. The van der Waals surface area contributed by atoms with Crippen LogP contribution in [0.25, 0.3) is 0 Å². The van der Waals surface area contributed by atoms with Crippen molar-refractivity contribution >= 4 is 21.8 Å². The third-order valence-corrected chi connectivity index (χ3v) is 7.15. The largest absolute Gasteiger partial charge is 0.345 e. The smallest absolute Gasteiger partial charge is 0.251 e. The maximum atomic E-state index is 12.9. The predicted molar refractivity (Wildman–Crippen MR) is 115 cm³/mol. The summed E-state index contributed by atoms with van der Waals surface area (Å²) in [5, 5.41) is 2.97. The van der Waals surface area contributed by atoms with E-state index in [2.05, 4.69) is 5.32 Å². The Hall–Kier alpha value is -2.71. The number of hydrogen-bond acceptors (Lipinski definition) is 4. The maximum Gasteiger partial charge on any atom is 0.251 e.